The Bertz CT molecular complexity index is 207. The summed E-state index contributed by atoms with van der Waals surface area (Å²) in [5.41, 5.74) is -2.01. The fraction of sp³-hybridized carbons (Fsp3) is 1.00. The van der Waals surface area contributed by atoms with Gasteiger partial charge in [0, 0.05) is 17.0 Å². The second-order valence-electron chi connectivity index (χ2n) is 3.31. The number of hydrogen-bond donors (Lipinski definition) is 1. The lowest BCUT2D eigenvalue weighted by atomic mass is 9.84. The summed E-state index contributed by atoms with van der Waals surface area (Å²) in [7, 11) is 0. The van der Waals surface area contributed by atoms with Crippen LogP contribution < -0.4 is 5.14 Å². The van der Waals surface area contributed by atoms with Crippen molar-refractivity contribution >= 4 is 29.1 Å². The van der Waals surface area contributed by atoms with Crippen molar-refractivity contribution in [3.8, 4) is 0 Å². The molecule has 0 saturated carbocycles. The maximum atomic E-state index is 5.55. The van der Waals surface area contributed by atoms with Gasteiger partial charge in [-0.05, 0) is 24.6 Å². The molecule has 0 aromatic heterocycles. The summed E-state index contributed by atoms with van der Waals surface area (Å²) >= 11 is 6.21. The van der Waals surface area contributed by atoms with Crippen molar-refractivity contribution in [1.82, 2.24) is 0 Å². The fourth-order valence-corrected chi connectivity index (χ4v) is 3.29. The van der Waals surface area contributed by atoms with Crippen molar-refractivity contribution in [3.63, 3.8) is 0 Å². The SMILES string of the molecule is CCC1(CC)COP(=S)(SN)OC1. The van der Waals surface area contributed by atoms with Crippen molar-refractivity contribution in [3.05, 3.63) is 0 Å². The van der Waals surface area contributed by atoms with E-state index in [1.165, 1.54) is 0 Å². The van der Waals surface area contributed by atoms with Crippen LogP contribution in [0.5, 0.6) is 0 Å². The van der Waals surface area contributed by atoms with E-state index in [0.717, 1.165) is 24.4 Å². The molecular formula is C7H16NO2PS2. The molecular weight excluding hydrogens is 225 g/mol. The molecule has 1 saturated heterocycles. The number of rotatable bonds is 3. The lowest BCUT2D eigenvalue weighted by Gasteiger charge is -2.39. The summed E-state index contributed by atoms with van der Waals surface area (Å²) in [4.78, 5) is 0. The smallest absolute Gasteiger partial charge is 0.262 e. The van der Waals surface area contributed by atoms with Gasteiger partial charge in [-0.25, -0.2) is 0 Å². The molecule has 3 nitrogen and oxygen atoms in total. The van der Waals surface area contributed by atoms with Crippen LogP contribution in [0.25, 0.3) is 0 Å². The van der Waals surface area contributed by atoms with Crippen LogP contribution in [0, 0.1) is 5.41 Å². The average molecular weight is 241 g/mol. The molecule has 2 N–H and O–H groups in total. The van der Waals surface area contributed by atoms with Gasteiger partial charge in [0.1, 0.15) is 0 Å². The van der Waals surface area contributed by atoms with Gasteiger partial charge >= 0.3 is 0 Å². The number of nitrogens with two attached hydrogens (primary N) is 1. The lowest BCUT2D eigenvalue weighted by molar-refractivity contribution is 0.0327. The highest BCUT2D eigenvalue weighted by Crippen LogP contribution is 2.62. The predicted molar refractivity (Wildman–Crippen MR) is 61.0 cm³/mol. The molecule has 1 aliphatic heterocycles. The Hall–Kier alpha value is 0.880. The Labute approximate surface area is 88.8 Å². The van der Waals surface area contributed by atoms with Crippen LogP contribution in [0.15, 0.2) is 0 Å². The largest absolute Gasteiger partial charge is 0.320 e. The molecule has 0 aliphatic carbocycles. The Morgan fingerprint density at radius 3 is 2.15 bits per heavy atom. The molecule has 0 amide bonds. The van der Waals surface area contributed by atoms with Crippen molar-refractivity contribution < 1.29 is 9.05 Å². The average Bonchev–Trinajstić information content (AvgIpc) is 2.20. The minimum atomic E-state index is -2.17. The molecule has 13 heavy (non-hydrogen) atoms. The van der Waals surface area contributed by atoms with E-state index in [1.807, 2.05) is 0 Å². The highest BCUT2D eigenvalue weighted by molar-refractivity contribution is 8.67. The van der Waals surface area contributed by atoms with E-state index < -0.39 is 5.69 Å². The molecule has 0 unspecified atom stereocenters. The van der Waals surface area contributed by atoms with Crippen LogP contribution in [0.2, 0.25) is 0 Å². The third-order valence-electron chi connectivity index (χ3n) is 2.69. The maximum Gasteiger partial charge on any atom is 0.262 e. The van der Waals surface area contributed by atoms with E-state index in [1.54, 1.807) is 0 Å². The molecule has 0 aromatic rings. The quantitative estimate of drug-likeness (QED) is 0.608. The van der Waals surface area contributed by atoms with Gasteiger partial charge in [0.15, 0.2) is 0 Å². The zero-order valence-electron chi connectivity index (χ0n) is 7.99. The van der Waals surface area contributed by atoms with Gasteiger partial charge in [0.25, 0.3) is 5.69 Å². The lowest BCUT2D eigenvalue weighted by Crippen LogP contribution is -2.33. The predicted octanol–water partition coefficient (Wildman–Crippen LogP) is 2.67. The van der Waals surface area contributed by atoms with E-state index in [-0.39, 0.29) is 5.41 Å². The van der Waals surface area contributed by atoms with E-state index in [9.17, 15) is 0 Å². The minimum Gasteiger partial charge on any atom is -0.320 e. The highest BCUT2D eigenvalue weighted by atomic mass is 32.9. The summed E-state index contributed by atoms with van der Waals surface area (Å²) in [6.45, 7) is 5.70. The number of hydrogen-bond acceptors (Lipinski definition) is 5. The van der Waals surface area contributed by atoms with Gasteiger partial charge in [-0.2, -0.15) is 0 Å². The summed E-state index contributed by atoms with van der Waals surface area (Å²) in [6.07, 6.45) is 2.13. The molecule has 0 atom stereocenters. The molecule has 1 rings (SSSR count). The minimum absolute atomic E-state index is 0.165. The molecule has 1 fully saturated rings. The van der Waals surface area contributed by atoms with Crippen molar-refractivity contribution in [2.75, 3.05) is 13.2 Å². The third-order valence-corrected chi connectivity index (χ3v) is 6.65. The topological polar surface area (TPSA) is 44.5 Å². The van der Waals surface area contributed by atoms with Crippen LogP contribution in [0.1, 0.15) is 26.7 Å². The summed E-state index contributed by atoms with van der Waals surface area (Å²) in [5, 5.41) is 5.42. The first-order chi connectivity index (χ1) is 6.10. The normalized spacial score (nSPS) is 25.8. The molecule has 0 bridgehead atoms. The van der Waals surface area contributed by atoms with Crippen LogP contribution in [-0.2, 0) is 20.9 Å². The van der Waals surface area contributed by atoms with E-state index in [0.29, 0.717) is 13.2 Å². The molecule has 0 radical (unpaired) electrons. The second-order valence-corrected chi connectivity index (χ2v) is 9.14. The van der Waals surface area contributed by atoms with E-state index >= 15 is 0 Å². The Morgan fingerprint density at radius 1 is 1.38 bits per heavy atom. The highest BCUT2D eigenvalue weighted by Gasteiger charge is 2.37. The van der Waals surface area contributed by atoms with Gasteiger partial charge in [0.2, 0.25) is 0 Å². The second kappa shape index (κ2) is 4.60. The van der Waals surface area contributed by atoms with Gasteiger partial charge in [-0.3, -0.25) is 5.14 Å². The Balaban J connectivity index is 2.60. The van der Waals surface area contributed by atoms with Crippen LogP contribution in [0.4, 0.5) is 0 Å². The van der Waals surface area contributed by atoms with E-state index in [4.69, 9.17) is 26.0 Å². The van der Waals surface area contributed by atoms with Gasteiger partial charge in [0.05, 0.1) is 13.2 Å². The van der Waals surface area contributed by atoms with Crippen LogP contribution in [0.3, 0.4) is 0 Å². The molecule has 1 aliphatic rings. The molecule has 0 aromatic carbocycles. The summed E-state index contributed by atoms with van der Waals surface area (Å²) in [6, 6.07) is 0. The molecule has 6 heteroatoms. The van der Waals surface area contributed by atoms with E-state index in [2.05, 4.69) is 13.8 Å². The summed E-state index contributed by atoms with van der Waals surface area (Å²) < 4.78 is 11.1. The standard InChI is InChI=1S/C7H16NO2PS2/c1-3-7(4-2)5-9-11(12,13-8)10-6-7/h3-6,8H2,1-2H3. The van der Waals surface area contributed by atoms with Gasteiger partial charge in [-0.15, -0.1) is 0 Å². The zero-order valence-corrected chi connectivity index (χ0v) is 10.5. The molecule has 78 valence electrons. The Morgan fingerprint density at radius 2 is 1.85 bits per heavy atom. The van der Waals surface area contributed by atoms with Gasteiger partial charge in [-0.1, -0.05) is 13.8 Å². The maximum absolute atomic E-state index is 5.55. The molecule has 0 spiro atoms. The fourth-order valence-electron chi connectivity index (χ4n) is 1.23. The summed E-state index contributed by atoms with van der Waals surface area (Å²) in [5.74, 6) is 0. The van der Waals surface area contributed by atoms with Crippen molar-refractivity contribution in [1.29, 1.82) is 0 Å². The first kappa shape index (κ1) is 12.0. The van der Waals surface area contributed by atoms with Crippen LogP contribution >= 0.6 is 17.3 Å². The monoisotopic (exact) mass is 241 g/mol. The third kappa shape index (κ3) is 2.67. The van der Waals surface area contributed by atoms with Crippen molar-refractivity contribution in [2.24, 2.45) is 10.6 Å². The van der Waals surface area contributed by atoms with Crippen molar-refractivity contribution in [2.45, 2.75) is 26.7 Å². The Kier molecular flexibility index (Phi) is 4.23. The first-order valence-corrected chi connectivity index (χ1v) is 8.49. The zero-order chi connectivity index (χ0) is 9.95. The van der Waals surface area contributed by atoms with Crippen LogP contribution in [-0.4, -0.2) is 13.2 Å². The van der Waals surface area contributed by atoms with Gasteiger partial charge < -0.3 is 9.05 Å². The first-order valence-electron chi connectivity index (χ1n) is 4.37. The molecule has 1 heterocycles.